The molecule has 0 heterocycles. The molecular weight excluding hydrogens is 308 g/mol. The van der Waals surface area contributed by atoms with Gasteiger partial charge in [0, 0.05) is 31.6 Å². The number of allylic oxidation sites excluding steroid dienone is 1. The third-order valence-electron chi connectivity index (χ3n) is 3.95. The number of halogens is 1. The lowest BCUT2D eigenvalue weighted by Gasteiger charge is -2.36. The standard InChI is InChI=1S/C15H25ClN2O4/c1-9(15(21,18-8-19)7-10(2)20)4-11-5-12(17)14(16)13(6-11)22-3/h5,8-10,13,20-21H,4,6-7,17H2,1-3H3,(H,18,19). The second-order valence-electron chi connectivity index (χ2n) is 5.88. The number of amides is 1. The number of rotatable bonds is 8. The Kier molecular flexibility index (Phi) is 6.87. The summed E-state index contributed by atoms with van der Waals surface area (Å²) in [4.78, 5) is 10.8. The van der Waals surface area contributed by atoms with E-state index < -0.39 is 11.8 Å². The minimum absolute atomic E-state index is 0.0416. The topological polar surface area (TPSA) is 105 Å². The van der Waals surface area contributed by atoms with Crippen LogP contribution in [0.25, 0.3) is 0 Å². The van der Waals surface area contributed by atoms with E-state index in [1.54, 1.807) is 27.0 Å². The number of carbonyl (C=O) groups is 1. The van der Waals surface area contributed by atoms with E-state index >= 15 is 0 Å². The first-order valence-corrected chi connectivity index (χ1v) is 7.60. The summed E-state index contributed by atoms with van der Waals surface area (Å²) in [5.41, 5.74) is 5.81. The fourth-order valence-electron chi connectivity index (χ4n) is 2.71. The molecule has 0 bridgehead atoms. The first-order chi connectivity index (χ1) is 10.2. The van der Waals surface area contributed by atoms with Crippen molar-refractivity contribution in [2.45, 2.75) is 51.0 Å². The van der Waals surface area contributed by atoms with E-state index in [1.807, 2.05) is 0 Å². The minimum atomic E-state index is -1.49. The van der Waals surface area contributed by atoms with Gasteiger partial charge in [-0.1, -0.05) is 24.1 Å². The number of ether oxygens (including phenoxy) is 1. The zero-order chi connectivity index (χ0) is 16.9. The molecule has 1 amide bonds. The van der Waals surface area contributed by atoms with E-state index in [0.29, 0.717) is 30.0 Å². The number of carbonyl (C=O) groups excluding carboxylic acids is 1. The summed E-state index contributed by atoms with van der Waals surface area (Å²) in [5.74, 6) is -0.319. The van der Waals surface area contributed by atoms with E-state index in [9.17, 15) is 15.0 Å². The zero-order valence-electron chi connectivity index (χ0n) is 13.2. The Bertz CT molecular complexity index is 464. The van der Waals surface area contributed by atoms with Crippen LogP contribution in [0.4, 0.5) is 0 Å². The quantitative estimate of drug-likeness (QED) is 0.391. The van der Waals surface area contributed by atoms with Crippen LogP contribution in [0.3, 0.4) is 0 Å². The number of hydrogen-bond donors (Lipinski definition) is 4. The number of aliphatic hydroxyl groups excluding tert-OH is 1. The lowest BCUT2D eigenvalue weighted by atomic mass is 9.84. The molecule has 7 heteroatoms. The van der Waals surface area contributed by atoms with Gasteiger partial charge < -0.3 is 26.0 Å². The van der Waals surface area contributed by atoms with Crippen LogP contribution in [0.2, 0.25) is 0 Å². The molecule has 6 nitrogen and oxygen atoms in total. The van der Waals surface area contributed by atoms with Crippen molar-refractivity contribution < 1.29 is 19.7 Å². The average molecular weight is 333 g/mol. The summed E-state index contributed by atoms with van der Waals surface area (Å²) in [6, 6.07) is 0. The highest BCUT2D eigenvalue weighted by molar-refractivity contribution is 6.30. The summed E-state index contributed by atoms with van der Waals surface area (Å²) < 4.78 is 5.30. The molecule has 1 rings (SSSR count). The van der Waals surface area contributed by atoms with Crippen LogP contribution in [-0.2, 0) is 9.53 Å². The highest BCUT2D eigenvalue weighted by atomic mass is 35.5. The van der Waals surface area contributed by atoms with Crippen LogP contribution in [0, 0.1) is 5.92 Å². The van der Waals surface area contributed by atoms with Crippen LogP contribution in [-0.4, -0.2) is 41.7 Å². The molecule has 22 heavy (non-hydrogen) atoms. The molecule has 1 aliphatic rings. The van der Waals surface area contributed by atoms with Crippen LogP contribution in [0.5, 0.6) is 0 Å². The Morgan fingerprint density at radius 3 is 2.77 bits per heavy atom. The van der Waals surface area contributed by atoms with Crippen molar-refractivity contribution >= 4 is 18.0 Å². The zero-order valence-corrected chi connectivity index (χ0v) is 13.9. The number of hydrogen-bond acceptors (Lipinski definition) is 5. The van der Waals surface area contributed by atoms with Gasteiger partial charge in [0.05, 0.1) is 17.2 Å². The van der Waals surface area contributed by atoms with Crippen LogP contribution >= 0.6 is 11.6 Å². The van der Waals surface area contributed by atoms with Crippen molar-refractivity contribution in [3.05, 3.63) is 22.4 Å². The Hall–Kier alpha value is -1.08. The summed E-state index contributed by atoms with van der Waals surface area (Å²) in [5, 5.41) is 23.0. The van der Waals surface area contributed by atoms with Gasteiger partial charge in [-0.05, 0) is 19.4 Å². The highest BCUT2D eigenvalue weighted by Gasteiger charge is 2.35. The smallest absolute Gasteiger partial charge is 0.209 e. The molecule has 5 N–H and O–H groups in total. The predicted octanol–water partition coefficient (Wildman–Crippen LogP) is 0.972. The van der Waals surface area contributed by atoms with Gasteiger partial charge in [0.15, 0.2) is 0 Å². The Morgan fingerprint density at radius 2 is 2.27 bits per heavy atom. The van der Waals surface area contributed by atoms with E-state index in [0.717, 1.165) is 5.57 Å². The average Bonchev–Trinajstić information content (AvgIpc) is 2.41. The van der Waals surface area contributed by atoms with Gasteiger partial charge in [0.1, 0.15) is 5.72 Å². The molecule has 0 saturated carbocycles. The third-order valence-corrected chi connectivity index (χ3v) is 4.41. The van der Waals surface area contributed by atoms with Crippen molar-refractivity contribution in [2.24, 2.45) is 11.7 Å². The van der Waals surface area contributed by atoms with Crippen LogP contribution in [0.15, 0.2) is 22.4 Å². The molecule has 4 unspecified atom stereocenters. The second kappa shape index (κ2) is 7.97. The molecule has 0 aromatic carbocycles. The lowest BCUT2D eigenvalue weighted by Crippen LogP contribution is -2.52. The summed E-state index contributed by atoms with van der Waals surface area (Å²) in [6.07, 6.45) is 2.29. The molecular formula is C15H25ClN2O4. The molecule has 0 fully saturated rings. The molecule has 0 spiro atoms. The van der Waals surface area contributed by atoms with E-state index in [2.05, 4.69) is 5.32 Å². The Morgan fingerprint density at radius 1 is 1.64 bits per heavy atom. The molecule has 126 valence electrons. The molecule has 1 aliphatic carbocycles. The van der Waals surface area contributed by atoms with Crippen molar-refractivity contribution in [3.63, 3.8) is 0 Å². The first kappa shape index (κ1) is 19.0. The monoisotopic (exact) mass is 332 g/mol. The lowest BCUT2D eigenvalue weighted by molar-refractivity contribution is -0.124. The molecule has 0 radical (unpaired) electrons. The van der Waals surface area contributed by atoms with Gasteiger partial charge in [-0.15, -0.1) is 0 Å². The molecule has 0 saturated heterocycles. The summed E-state index contributed by atoms with van der Waals surface area (Å²) in [7, 11) is 1.56. The van der Waals surface area contributed by atoms with E-state index in [-0.39, 0.29) is 18.4 Å². The van der Waals surface area contributed by atoms with Gasteiger partial charge >= 0.3 is 0 Å². The normalized spacial score (nSPS) is 24.3. The van der Waals surface area contributed by atoms with Crippen LogP contribution < -0.4 is 11.1 Å². The SMILES string of the molecule is COC1CC(CC(C)C(O)(CC(C)O)NC=O)=CC(N)=C1Cl. The van der Waals surface area contributed by atoms with Gasteiger partial charge in [-0.2, -0.15) is 0 Å². The maximum atomic E-state index is 10.8. The van der Waals surface area contributed by atoms with Crippen molar-refractivity contribution in [1.82, 2.24) is 5.32 Å². The molecule has 0 aromatic rings. The fourth-order valence-corrected chi connectivity index (χ4v) is 2.93. The Balaban J connectivity index is 2.88. The minimum Gasteiger partial charge on any atom is -0.398 e. The molecule has 0 aliphatic heterocycles. The fraction of sp³-hybridized carbons (Fsp3) is 0.667. The highest BCUT2D eigenvalue weighted by Crippen LogP contribution is 2.33. The predicted molar refractivity (Wildman–Crippen MR) is 84.8 cm³/mol. The molecule has 0 aromatic heterocycles. The maximum absolute atomic E-state index is 10.8. The van der Waals surface area contributed by atoms with Crippen molar-refractivity contribution in [1.29, 1.82) is 0 Å². The molecule has 4 atom stereocenters. The van der Waals surface area contributed by atoms with Crippen LogP contribution in [0.1, 0.15) is 33.1 Å². The summed E-state index contributed by atoms with van der Waals surface area (Å²) >= 11 is 6.09. The van der Waals surface area contributed by atoms with Gasteiger partial charge in [-0.25, -0.2) is 0 Å². The number of aliphatic hydroxyl groups is 2. The summed E-state index contributed by atoms with van der Waals surface area (Å²) in [6.45, 7) is 3.36. The van der Waals surface area contributed by atoms with E-state index in [1.165, 1.54) is 0 Å². The number of nitrogens with one attached hydrogen (secondary N) is 1. The third kappa shape index (κ3) is 4.71. The van der Waals surface area contributed by atoms with Gasteiger partial charge in [0.25, 0.3) is 0 Å². The maximum Gasteiger partial charge on any atom is 0.209 e. The van der Waals surface area contributed by atoms with Gasteiger partial charge in [0.2, 0.25) is 6.41 Å². The van der Waals surface area contributed by atoms with E-state index in [4.69, 9.17) is 22.1 Å². The number of nitrogens with two attached hydrogens (primary N) is 1. The Labute approximate surface area is 136 Å². The second-order valence-corrected chi connectivity index (χ2v) is 6.29. The van der Waals surface area contributed by atoms with Crippen molar-refractivity contribution in [2.75, 3.05) is 7.11 Å². The first-order valence-electron chi connectivity index (χ1n) is 7.22. The number of methoxy groups -OCH3 is 1. The van der Waals surface area contributed by atoms with Crippen molar-refractivity contribution in [3.8, 4) is 0 Å². The largest absolute Gasteiger partial charge is 0.398 e. The van der Waals surface area contributed by atoms with Gasteiger partial charge in [-0.3, -0.25) is 4.79 Å².